The number of carbonyl (C=O) groups excluding carboxylic acids is 1. The lowest BCUT2D eigenvalue weighted by atomic mass is 9.95. The van der Waals surface area contributed by atoms with Gasteiger partial charge in [0.05, 0.1) is 11.8 Å². The van der Waals surface area contributed by atoms with Gasteiger partial charge in [0, 0.05) is 25.6 Å². The van der Waals surface area contributed by atoms with Crippen molar-refractivity contribution in [2.45, 2.75) is 25.7 Å². The molecule has 5 heteroatoms. The standard InChI is InChI=1S/C12H19NO4/c14-7-8-4-5-13(6-8)11(15)9-2-1-3-10(9)12(16)17/h8-10,14H,1-7H2,(H,16,17). The number of aliphatic carboxylic acids is 1. The molecule has 0 radical (unpaired) electrons. The van der Waals surface area contributed by atoms with Crippen LogP contribution in [0, 0.1) is 17.8 Å². The van der Waals surface area contributed by atoms with Crippen LogP contribution in [0.25, 0.3) is 0 Å². The van der Waals surface area contributed by atoms with Crippen LogP contribution in [0.5, 0.6) is 0 Å². The molecule has 2 aliphatic rings. The number of rotatable bonds is 3. The lowest BCUT2D eigenvalue weighted by Gasteiger charge is -2.23. The molecular formula is C12H19NO4. The molecule has 1 amide bonds. The topological polar surface area (TPSA) is 77.8 Å². The SMILES string of the molecule is O=C(O)C1CCCC1C(=O)N1CCC(CO)C1. The molecule has 0 aromatic rings. The summed E-state index contributed by atoms with van der Waals surface area (Å²) in [6.45, 7) is 1.35. The number of aliphatic hydroxyl groups is 1. The maximum Gasteiger partial charge on any atom is 0.307 e. The first-order chi connectivity index (χ1) is 8.13. The summed E-state index contributed by atoms with van der Waals surface area (Å²) in [5.74, 6) is -1.55. The van der Waals surface area contributed by atoms with Crippen LogP contribution in [0.3, 0.4) is 0 Å². The number of carboxylic acid groups (broad SMARTS) is 1. The van der Waals surface area contributed by atoms with E-state index in [0.29, 0.717) is 25.9 Å². The Hall–Kier alpha value is -1.10. The van der Waals surface area contributed by atoms with Crippen LogP contribution >= 0.6 is 0 Å². The Labute approximate surface area is 100 Å². The number of aliphatic hydroxyl groups excluding tert-OH is 1. The summed E-state index contributed by atoms with van der Waals surface area (Å²) in [5.41, 5.74) is 0. The summed E-state index contributed by atoms with van der Waals surface area (Å²) in [5, 5.41) is 18.1. The van der Waals surface area contributed by atoms with Crippen LogP contribution in [-0.4, -0.2) is 46.7 Å². The number of carboxylic acids is 1. The van der Waals surface area contributed by atoms with E-state index in [1.807, 2.05) is 0 Å². The zero-order valence-electron chi connectivity index (χ0n) is 9.84. The molecule has 1 heterocycles. The Morgan fingerprint density at radius 2 is 1.88 bits per heavy atom. The Bertz CT molecular complexity index is 318. The third-order valence-electron chi connectivity index (χ3n) is 4.01. The lowest BCUT2D eigenvalue weighted by molar-refractivity contribution is -0.148. The molecule has 2 rings (SSSR count). The van der Waals surface area contributed by atoms with E-state index in [-0.39, 0.29) is 24.3 Å². The molecule has 1 aliphatic carbocycles. The Morgan fingerprint density at radius 1 is 1.18 bits per heavy atom. The smallest absolute Gasteiger partial charge is 0.307 e. The minimum atomic E-state index is -0.848. The zero-order valence-corrected chi connectivity index (χ0v) is 9.84. The van der Waals surface area contributed by atoms with E-state index in [1.165, 1.54) is 0 Å². The highest BCUT2D eigenvalue weighted by molar-refractivity contribution is 5.85. The molecule has 2 fully saturated rings. The van der Waals surface area contributed by atoms with Gasteiger partial charge < -0.3 is 15.1 Å². The van der Waals surface area contributed by atoms with Crippen LogP contribution in [0.15, 0.2) is 0 Å². The van der Waals surface area contributed by atoms with Crippen molar-refractivity contribution in [2.24, 2.45) is 17.8 Å². The molecule has 0 bridgehead atoms. The van der Waals surface area contributed by atoms with Crippen molar-refractivity contribution in [3.8, 4) is 0 Å². The number of hydrogen-bond acceptors (Lipinski definition) is 3. The number of carbonyl (C=O) groups is 2. The molecule has 2 N–H and O–H groups in total. The molecule has 0 aromatic carbocycles. The number of likely N-dealkylation sites (tertiary alicyclic amines) is 1. The summed E-state index contributed by atoms with van der Waals surface area (Å²) >= 11 is 0. The Morgan fingerprint density at radius 3 is 2.47 bits per heavy atom. The average Bonchev–Trinajstić information content (AvgIpc) is 2.97. The van der Waals surface area contributed by atoms with E-state index in [2.05, 4.69) is 0 Å². The molecular weight excluding hydrogens is 222 g/mol. The van der Waals surface area contributed by atoms with Crippen molar-refractivity contribution >= 4 is 11.9 Å². The molecule has 0 spiro atoms. The van der Waals surface area contributed by atoms with Gasteiger partial charge in [0.1, 0.15) is 0 Å². The zero-order chi connectivity index (χ0) is 12.4. The average molecular weight is 241 g/mol. The molecule has 17 heavy (non-hydrogen) atoms. The molecule has 3 unspecified atom stereocenters. The quantitative estimate of drug-likeness (QED) is 0.746. The minimum Gasteiger partial charge on any atom is -0.481 e. The molecule has 0 aromatic heterocycles. The van der Waals surface area contributed by atoms with Crippen molar-refractivity contribution in [3.63, 3.8) is 0 Å². The summed E-state index contributed by atoms with van der Waals surface area (Å²) in [4.78, 5) is 25.0. The van der Waals surface area contributed by atoms with Gasteiger partial charge in [-0.3, -0.25) is 9.59 Å². The Kier molecular flexibility index (Phi) is 3.66. The van der Waals surface area contributed by atoms with E-state index in [1.54, 1.807) is 4.90 Å². The fourth-order valence-electron chi connectivity index (χ4n) is 2.97. The second-order valence-corrected chi connectivity index (χ2v) is 5.10. The predicted octanol–water partition coefficient (Wildman–Crippen LogP) is 0.328. The van der Waals surface area contributed by atoms with E-state index in [0.717, 1.165) is 12.8 Å². The summed E-state index contributed by atoms with van der Waals surface area (Å²) in [7, 11) is 0. The highest BCUT2D eigenvalue weighted by Gasteiger charge is 2.41. The van der Waals surface area contributed by atoms with Gasteiger partial charge in [0.2, 0.25) is 5.91 Å². The van der Waals surface area contributed by atoms with Crippen molar-refractivity contribution in [3.05, 3.63) is 0 Å². The first-order valence-electron chi connectivity index (χ1n) is 6.26. The van der Waals surface area contributed by atoms with Gasteiger partial charge in [-0.05, 0) is 19.3 Å². The second kappa shape index (κ2) is 5.04. The maximum absolute atomic E-state index is 12.2. The Balaban J connectivity index is 1.98. The largest absolute Gasteiger partial charge is 0.481 e. The number of nitrogens with zero attached hydrogens (tertiary/aromatic N) is 1. The lowest BCUT2D eigenvalue weighted by Crippen LogP contribution is -2.38. The molecule has 3 atom stereocenters. The molecule has 1 aliphatic heterocycles. The summed E-state index contributed by atoms with van der Waals surface area (Å²) < 4.78 is 0. The van der Waals surface area contributed by atoms with Gasteiger partial charge in [-0.1, -0.05) is 6.42 Å². The van der Waals surface area contributed by atoms with Gasteiger partial charge in [0.25, 0.3) is 0 Å². The normalized spacial score (nSPS) is 33.0. The van der Waals surface area contributed by atoms with Crippen LogP contribution in [0.4, 0.5) is 0 Å². The minimum absolute atomic E-state index is 0.0224. The molecule has 1 saturated carbocycles. The van der Waals surface area contributed by atoms with Crippen molar-refractivity contribution < 1.29 is 19.8 Å². The first kappa shape index (κ1) is 12.4. The third-order valence-corrected chi connectivity index (χ3v) is 4.01. The van der Waals surface area contributed by atoms with Gasteiger partial charge in [-0.25, -0.2) is 0 Å². The van der Waals surface area contributed by atoms with Crippen LogP contribution in [0.2, 0.25) is 0 Å². The van der Waals surface area contributed by atoms with Gasteiger partial charge >= 0.3 is 5.97 Å². The van der Waals surface area contributed by atoms with E-state index in [4.69, 9.17) is 10.2 Å². The van der Waals surface area contributed by atoms with Gasteiger partial charge in [-0.2, -0.15) is 0 Å². The van der Waals surface area contributed by atoms with Gasteiger partial charge in [0.15, 0.2) is 0 Å². The van der Waals surface area contributed by atoms with Crippen molar-refractivity contribution in [1.29, 1.82) is 0 Å². The maximum atomic E-state index is 12.2. The first-order valence-corrected chi connectivity index (χ1v) is 6.26. The second-order valence-electron chi connectivity index (χ2n) is 5.10. The van der Waals surface area contributed by atoms with E-state index < -0.39 is 11.9 Å². The highest BCUT2D eigenvalue weighted by atomic mass is 16.4. The monoisotopic (exact) mass is 241 g/mol. The predicted molar refractivity (Wildman–Crippen MR) is 60.2 cm³/mol. The van der Waals surface area contributed by atoms with Crippen LogP contribution < -0.4 is 0 Å². The van der Waals surface area contributed by atoms with Crippen LogP contribution in [0.1, 0.15) is 25.7 Å². The fourth-order valence-corrected chi connectivity index (χ4v) is 2.97. The van der Waals surface area contributed by atoms with E-state index >= 15 is 0 Å². The molecule has 96 valence electrons. The van der Waals surface area contributed by atoms with Crippen molar-refractivity contribution in [2.75, 3.05) is 19.7 Å². The molecule has 1 saturated heterocycles. The highest BCUT2D eigenvalue weighted by Crippen LogP contribution is 2.34. The molecule has 5 nitrogen and oxygen atoms in total. The van der Waals surface area contributed by atoms with Gasteiger partial charge in [-0.15, -0.1) is 0 Å². The number of hydrogen-bond donors (Lipinski definition) is 2. The van der Waals surface area contributed by atoms with Crippen molar-refractivity contribution in [1.82, 2.24) is 4.90 Å². The van der Waals surface area contributed by atoms with E-state index in [9.17, 15) is 9.59 Å². The summed E-state index contributed by atoms with van der Waals surface area (Å²) in [6.07, 6.45) is 2.95. The summed E-state index contributed by atoms with van der Waals surface area (Å²) in [6, 6.07) is 0. The fraction of sp³-hybridized carbons (Fsp3) is 0.833. The number of amides is 1. The third kappa shape index (κ3) is 2.44. The van der Waals surface area contributed by atoms with Crippen LogP contribution in [-0.2, 0) is 9.59 Å².